The number of hydrogen-bond acceptors (Lipinski definition) is 2. The van der Waals surface area contributed by atoms with E-state index >= 15 is 0 Å². The van der Waals surface area contributed by atoms with Crippen molar-refractivity contribution in [2.45, 2.75) is 26.4 Å². The monoisotopic (exact) mass is 256 g/mol. The molecule has 0 radical (unpaired) electrons. The molecule has 0 saturated carbocycles. The van der Waals surface area contributed by atoms with Gasteiger partial charge in [0.1, 0.15) is 5.75 Å². The molecule has 2 aromatic carbocycles. The smallest absolute Gasteiger partial charge is 0.125 e. The molecule has 1 N–H and O–H groups in total. The molecule has 0 fully saturated rings. The third kappa shape index (κ3) is 3.83. The summed E-state index contributed by atoms with van der Waals surface area (Å²) in [4.78, 5) is 0. The number of benzene rings is 2. The lowest BCUT2D eigenvalue weighted by Gasteiger charge is -2.14. The lowest BCUT2D eigenvalue weighted by Crippen LogP contribution is -2.05. The molecule has 0 spiro atoms. The number of rotatable bonds is 5. The van der Waals surface area contributed by atoms with Crippen LogP contribution in [0.3, 0.4) is 0 Å². The van der Waals surface area contributed by atoms with E-state index in [2.05, 4.69) is 12.1 Å². The lowest BCUT2D eigenvalue weighted by molar-refractivity contribution is 0.191. The van der Waals surface area contributed by atoms with E-state index in [1.54, 1.807) is 6.92 Å². The first kappa shape index (κ1) is 13.6. The molecule has 2 nitrogen and oxygen atoms in total. The van der Waals surface area contributed by atoms with E-state index in [4.69, 9.17) is 4.74 Å². The normalized spacial score (nSPS) is 12.2. The van der Waals surface area contributed by atoms with Gasteiger partial charge in [-0.1, -0.05) is 42.0 Å². The van der Waals surface area contributed by atoms with Crippen LogP contribution < -0.4 is 4.74 Å². The molecule has 0 saturated heterocycles. The van der Waals surface area contributed by atoms with Crippen molar-refractivity contribution in [1.29, 1.82) is 0 Å². The summed E-state index contributed by atoms with van der Waals surface area (Å²) in [6, 6.07) is 16.2. The summed E-state index contributed by atoms with van der Waals surface area (Å²) < 4.78 is 5.80. The van der Waals surface area contributed by atoms with Crippen molar-refractivity contribution in [2.75, 3.05) is 6.61 Å². The number of aliphatic hydroxyl groups excluding tert-OH is 1. The maximum absolute atomic E-state index is 9.77. The summed E-state index contributed by atoms with van der Waals surface area (Å²) in [5, 5.41) is 9.77. The Morgan fingerprint density at radius 1 is 1.11 bits per heavy atom. The van der Waals surface area contributed by atoms with Gasteiger partial charge in [-0.05, 0) is 31.5 Å². The molecule has 0 aliphatic rings. The number of ether oxygens (including phenoxy) is 1. The molecule has 0 amide bonds. The minimum atomic E-state index is -0.508. The maximum atomic E-state index is 9.77. The van der Waals surface area contributed by atoms with Crippen LogP contribution >= 0.6 is 0 Å². The van der Waals surface area contributed by atoms with Crippen molar-refractivity contribution in [1.82, 2.24) is 0 Å². The lowest BCUT2D eigenvalue weighted by atomic mass is 10.1. The van der Waals surface area contributed by atoms with Gasteiger partial charge in [0.15, 0.2) is 0 Å². The topological polar surface area (TPSA) is 29.5 Å². The second-order valence-electron chi connectivity index (χ2n) is 4.80. The predicted octanol–water partition coefficient (Wildman–Crippen LogP) is 3.67. The van der Waals surface area contributed by atoms with Crippen molar-refractivity contribution >= 4 is 0 Å². The van der Waals surface area contributed by atoms with Crippen LogP contribution in [0.15, 0.2) is 48.5 Å². The zero-order chi connectivity index (χ0) is 13.7. The first-order valence-electron chi connectivity index (χ1n) is 6.62. The highest BCUT2D eigenvalue weighted by Gasteiger charge is 2.09. The van der Waals surface area contributed by atoms with Crippen LogP contribution in [0, 0.1) is 6.92 Å². The van der Waals surface area contributed by atoms with E-state index in [-0.39, 0.29) is 0 Å². The minimum absolute atomic E-state index is 0.508. The van der Waals surface area contributed by atoms with Crippen molar-refractivity contribution < 1.29 is 9.84 Å². The average Bonchev–Trinajstić information content (AvgIpc) is 2.41. The molecular formula is C17H20O2. The van der Waals surface area contributed by atoms with Crippen LogP contribution in [0.25, 0.3) is 0 Å². The van der Waals surface area contributed by atoms with Crippen molar-refractivity contribution in [2.24, 2.45) is 0 Å². The molecule has 2 heteroatoms. The fourth-order valence-corrected chi connectivity index (χ4v) is 2.05. The summed E-state index contributed by atoms with van der Waals surface area (Å²) in [6.45, 7) is 4.39. The van der Waals surface area contributed by atoms with Gasteiger partial charge in [-0.15, -0.1) is 0 Å². The molecule has 0 aromatic heterocycles. The second kappa shape index (κ2) is 6.39. The van der Waals surface area contributed by atoms with Crippen molar-refractivity contribution in [3.63, 3.8) is 0 Å². The van der Waals surface area contributed by atoms with E-state index in [0.29, 0.717) is 6.61 Å². The summed E-state index contributed by atoms with van der Waals surface area (Å²) in [5.41, 5.74) is 3.24. The third-order valence-corrected chi connectivity index (χ3v) is 3.11. The fourth-order valence-electron chi connectivity index (χ4n) is 2.05. The highest BCUT2D eigenvalue weighted by molar-refractivity contribution is 5.38. The van der Waals surface area contributed by atoms with Crippen LogP contribution in [0.4, 0.5) is 0 Å². The quantitative estimate of drug-likeness (QED) is 0.884. The predicted molar refractivity (Wildman–Crippen MR) is 77.5 cm³/mol. The summed E-state index contributed by atoms with van der Waals surface area (Å²) >= 11 is 0. The molecule has 2 rings (SSSR count). The average molecular weight is 256 g/mol. The number of hydrogen-bond donors (Lipinski definition) is 1. The molecular weight excluding hydrogens is 236 g/mol. The Hall–Kier alpha value is -1.80. The Kier molecular flexibility index (Phi) is 4.58. The van der Waals surface area contributed by atoms with Gasteiger partial charge in [0.25, 0.3) is 0 Å². The summed E-state index contributed by atoms with van der Waals surface area (Å²) in [5.74, 6) is 0.775. The van der Waals surface area contributed by atoms with Crippen LogP contribution in [0.1, 0.15) is 29.7 Å². The van der Waals surface area contributed by atoms with Crippen molar-refractivity contribution in [3.8, 4) is 5.75 Å². The molecule has 0 unspecified atom stereocenters. The van der Waals surface area contributed by atoms with Gasteiger partial charge in [0.05, 0.1) is 12.7 Å². The van der Waals surface area contributed by atoms with E-state index in [1.807, 2.05) is 43.3 Å². The molecule has 2 aromatic rings. The minimum Gasteiger partial charge on any atom is -0.493 e. The van der Waals surface area contributed by atoms with E-state index < -0.39 is 6.10 Å². The SMILES string of the molecule is Cc1ccc(OCCc2ccccc2)c([C@H](C)O)c1. The Morgan fingerprint density at radius 3 is 2.53 bits per heavy atom. The second-order valence-corrected chi connectivity index (χ2v) is 4.80. The fraction of sp³-hybridized carbons (Fsp3) is 0.294. The van der Waals surface area contributed by atoms with Gasteiger partial charge in [0.2, 0.25) is 0 Å². The van der Waals surface area contributed by atoms with Gasteiger partial charge in [-0.3, -0.25) is 0 Å². The van der Waals surface area contributed by atoms with Gasteiger partial charge in [-0.25, -0.2) is 0 Å². The first-order valence-corrected chi connectivity index (χ1v) is 6.62. The molecule has 0 heterocycles. The van der Waals surface area contributed by atoms with Crippen LogP contribution in [0.2, 0.25) is 0 Å². The number of aryl methyl sites for hydroxylation is 1. The molecule has 100 valence electrons. The van der Waals surface area contributed by atoms with Gasteiger partial charge >= 0.3 is 0 Å². The zero-order valence-electron chi connectivity index (χ0n) is 11.5. The number of aliphatic hydroxyl groups is 1. The maximum Gasteiger partial charge on any atom is 0.125 e. The Labute approximate surface area is 114 Å². The molecule has 19 heavy (non-hydrogen) atoms. The molecule has 1 atom stereocenters. The van der Waals surface area contributed by atoms with Crippen LogP contribution in [-0.4, -0.2) is 11.7 Å². The van der Waals surface area contributed by atoms with E-state index in [1.165, 1.54) is 5.56 Å². The van der Waals surface area contributed by atoms with Crippen LogP contribution in [0.5, 0.6) is 5.75 Å². The van der Waals surface area contributed by atoms with E-state index in [9.17, 15) is 5.11 Å². The Balaban J connectivity index is 2.00. The highest BCUT2D eigenvalue weighted by atomic mass is 16.5. The van der Waals surface area contributed by atoms with Gasteiger partial charge in [-0.2, -0.15) is 0 Å². The van der Waals surface area contributed by atoms with Gasteiger partial charge in [0, 0.05) is 12.0 Å². The highest BCUT2D eigenvalue weighted by Crippen LogP contribution is 2.26. The van der Waals surface area contributed by atoms with Crippen molar-refractivity contribution in [3.05, 3.63) is 65.2 Å². The van der Waals surface area contributed by atoms with Crippen LogP contribution in [-0.2, 0) is 6.42 Å². The molecule has 0 aliphatic heterocycles. The standard InChI is InChI=1S/C17H20O2/c1-13-8-9-17(16(12-13)14(2)18)19-11-10-15-6-4-3-5-7-15/h3-9,12,14,18H,10-11H2,1-2H3/t14-/m0/s1. The Bertz CT molecular complexity index is 518. The van der Waals surface area contributed by atoms with Gasteiger partial charge < -0.3 is 9.84 Å². The largest absolute Gasteiger partial charge is 0.493 e. The zero-order valence-corrected chi connectivity index (χ0v) is 11.5. The first-order chi connectivity index (χ1) is 9.16. The molecule has 0 bridgehead atoms. The Morgan fingerprint density at radius 2 is 1.84 bits per heavy atom. The summed E-state index contributed by atoms with van der Waals surface area (Å²) in [7, 11) is 0. The third-order valence-electron chi connectivity index (χ3n) is 3.11. The van der Waals surface area contributed by atoms with E-state index in [0.717, 1.165) is 23.3 Å². The summed E-state index contributed by atoms with van der Waals surface area (Å²) in [6.07, 6.45) is 0.361. The molecule has 0 aliphatic carbocycles.